The van der Waals surface area contributed by atoms with E-state index in [1.165, 1.54) is 11.8 Å². The van der Waals surface area contributed by atoms with E-state index in [2.05, 4.69) is 26.2 Å². The van der Waals surface area contributed by atoms with E-state index in [-0.39, 0.29) is 5.91 Å². The first kappa shape index (κ1) is 15.1. The number of pyridine rings is 1. The van der Waals surface area contributed by atoms with Gasteiger partial charge in [-0.15, -0.1) is 11.8 Å². The van der Waals surface area contributed by atoms with E-state index in [9.17, 15) is 4.79 Å². The summed E-state index contributed by atoms with van der Waals surface area (Å²) < 4.78 is 1.05. The molecule has 20 heavy (non-hydrogen) atoms. The molecule has 0 aliphatic carbocycles. The maximum absolute atomic E-state index is 11.9. The fraction of sp³-hybridized carbons (Fsp3) is 0.200. The van der Waals surface area contributed by atoms with Crippen molar-refractivity contribution in [3.63, 3.8) is 0 Å². The normalized spacial score (nSPS) is 10.3. The molecule has 1 amide bonds. The van der Waals surface area contributed by atoms with E-state index in [0.717, 1.165) is 20.6 Å². The first-order valence-corrected chi connectivity index (χ1v) is 7.95. The second-order valence-corrected chi connectivity index (χ2v) is 6.34. The van der Waals surface area contributed by atoms with Crippen LogP contribution in [0.15, 0.2) is 45.8 Å². The molecule has 1 aromatic heterocycles. The van der Waals surface area contributed by atoms with Crippen LogP contribution in [0.25, 0.3) is 0 Å². The quantitative estimate of drug-likeness (QED) is 0.840. The predicted molar refractivity (Wildman–Crippen MR) is 87.2 cm³/mol. The van der Waals surface area contributed by atoms with E-state index in [0.29, 0.717) is 11.6 Å². The van der Waals surface area contributed by atoms with Crippen molar-refractivity contribution in [3.05, 3.63) is 52.1 Å². The highest BCUT2D eigenvalue weighted by molar-refractivity contribution is 9.10. The van der Waals surface area contributed by atoms with E-state index in [1.807, 2.05) is 44.2 Å². The molecule has 2 aromatic rings. The molecular weight excluding hydrogens is 336 g/mol. The number of aromatic nitrogens is 1. The Bertz CT molecular complexity index is 631. The summed E-state index contributed by atoms with van der Waals surface area (Å²) >= 11 is 4.96. The van der Waals surface area contributed by atoms with Crippen molar-refractivity contribution in [2.45, 2.75) is 18.7 Å². The minimum absolute atomic E-state index is 0.0459. The molecule has 0 saturated heterocycles. The van der Waals surface area contributed by atoms with Crippen LogP contribution >= 0.6 is 27.7 Å². The monoisotopic (exact) mass is 350 g/mol. The minimum atomic E-state index is -0.0459. The largest absolute Gasteiger partial charge is 0.310 e. The van der Waals surface area contributed by atoms with Gasteiger partial charge in [-0.3, -0.25) is 4.79 Å². The lowest BCUT2D eigenvalue weighted by atomic mass is 10.2. The highest BCUT2D eigenvalue weighted by Gasteiger charge is 2.06. The molecular formula is C15H15BrN2OS. The third-order valence-electron chi connectivity index (χ3n) is 2.65. The van der Waals surface area contributed by atoms with Crippen LogP contribution in [0.1, 0.15) is 11.3 Å². The number of benzene rings is 1. The van der Waals surface area contributed by atoms with Crippen LogP contribution in [0.5, 0.6) is 0 Å². The first-order valence-electron chi connectivity index (χ1n) is 6.17. The SMILES string of the molecule is Cc1cccc(NC(=O)CSc2ccc(Br)cc2C)n1. The van der Waals surface area contributed by atoms with Crippen molar-refractivity contribution in [2.75, 3.05) is 11.1 Å². The second-order valence-electron chi connectivity index (χ2n) is 4.41. The number of nitrogens with one attached hydrogen (secondary N) is 1. The molecule has 0 unspecified atom stereocenters. The van der Waals surface area contributed by atoms with E-state index in [4.69, 9.17) is 0 Å². The molecule has 5 heteroatoms. The summed E-state index contributed by atoms with van der Waals surface area (Å²) in [6.45, 7) is 3.93. The lowest BCUT2D eigenvalue weighted by Gasteiger charge is -2.07. The molecule has 0 radical (unpaired) electrons. The fourth-order valence-electron chi connectivity index (χ4n) is 1.71. The van der Waals surface area contributed by atoms with Gasteiger partial charge < -0.3 is 5.32 Å². The molecule has 3 nitrogen and oxygen atoms in total. The number of rotatable bonds is 4. The highest BCUT2D eigenvalue weighted by Crippen LogP contribution is 2.25. The van der Waals surface area contributed by atoms with Gasteiger partial charge in [-0.2, -0.15) is 0 Å². The van der Waals surface area contributed by atoms with Gasteiger partial charge in [0.15, 0.2) is 0 Å². The summed E-state index contributed by atoms with van der Waals surface area (Å²) in [4.78, 5) is 17.3. The van der Waals surface area contributed by atoms with Crippen LogP contribution in [0.2, 0.25) is 0 Å². The fourth-order valence-corrected chi connectivity index (χ4v) is 2.99. The number of thioether (sulfide) groups is 1. The molecule has 0 spiro atoms. The summed E-state index contributed by atoms with van der Waals surface area (Å²) in [5.74, 6) is 0.927. The van der Waals surface area contributed by atoms with Gasteiger partial charge in [-0.25, -0.2) is 4.98 Å². The lowest BCUT2D eigenvalue weighted by molar-refractivity contribution is -0.113. The Labute approximate surface area is 131 Å². The van der Waals surface area contributed by atoms with E-state index < -0.39 is 0 Å². The molecule has 0 aliphatic rings. The minimum Gasteiger partial charge on any atom is -0.310 e. The van der Waals surface area contributed by atoms with Gasteiger partial charge >= 0.3 is 0 Å². The number of hydrogen-bond donors (Lipinski definition) is 1. The number of halogens is 1. The molecule has 1 heterocycles. The number of hydrogen-bond acceptors (Lipinski definition) is 3. The third-order valence-corrected chi connectivity index (χ3v) is 4.32. The predicted octanol–water partition coefficient (Wildman–Crippen LogP) is 4.19. The van der Waals surface area contributed by atoms with Crippen LogP contribution in [-0.4, -0.2) is 16.6 Å². The van der Waals surface area contributed by atoms with Gasteiger partial charge in [0.05, 0.1) is 5.75 Å². The van der Waals surface area contributed by atoms with Crippen LogP contribution < -0.4 is 5.32 Å². The summed E-state index contributed by atoms with van der Waals surface area (Å²) in [5, 5.41) is 2.80. The highest BCUT2D eigenvalue weighted by atomic mass is 79.9. The van der Waals surface area contributed by atoms with Crippen molar-refractivity contribution < 1.29 is 4.79 Å². The van der Waals surface area contributed by atoms with Crippen molar-refractivity contribution in [2.24, 2.45) is 0 Å². The molecule has 104 valence electrons. The van der Waals surface area contributed by atoms with Gasteiger partial charge in [0.25, 0.3) is 0 Å². The summed E-state index contributed by atoms with van der Waals surface area (Å²) in [5.41, 5.74) is 2.05. The van der Waals surface area contributed by atoms with Gasteiger partial charge in [-0.1, -0.05) is 22.0 Å². The Kier molecular flexibility index (Phi) is 5.20. The molecule has 0 aliphatic heterocycles. The maximum atomic E-state index is 11.9. The molecule has 1 N–H and O–H groups in total. The van der Waals surface area contributed by atoms with Crippen LogP contribution in [-0.2, 0) is 4.79 Å². The summed E-state index contributed by atoms with van der Waals surface area (Å²) in [6.07, 6.45) is 0. The van der Waals surface area contributed by atoms with Gasteiger partial charge in [0, 0.05) is 15.1 Å². The molecule has 0 saturated carbocycles. The number of nitrogens with zero attached hydrogens (tertiary/aromatic N) is 1. The third kappa shape index (κ3) is 4.35. The van der Waals surface area contributed by atoms with Crippen LogP contribution in [0, 0.1) is 13.8 Å². The number of aryl methyl sites for hydroxylation is 2. The van der Waals surface area contributed by atoms with Crippen LogP contribution in [0.4, 0.5) is 5.82 Å². The van der Waals surface area contributed by atoms with Crippen LogP contribution in [0.3, 0.4) is 0 Å². The number of amides is 1. The van der Waals surface area contributed by atoms with Crippen molar-refractivity contribution in [1.82, 2.24) is 4.98 Å². The Hall–Kier alpha value is -1.33. The second kappa shape index (κ2) is 6.90. The number of carbonyl (C=O) groups excluding carboxylic acids is 1. The Morgan fingerprint density at radius 1 is 1.30 bits per heavy atom. The van der Waals surface area contributed by atoms with Crippen molar-refractivity contribution in [3.8, 4) is 0 Å². The number of anilines is 1. The Morgan fingerprint density at radius 2 is 2.10 bits per heavy atom. The van der Waals surface area contributed by atoms with Crippen molar-refractivity contribution >= 4 is 39.4 Å². The zero-order valence-electron chi connectivity index (χ0n) is 11.3. The van der Waals surface area contributed by atoms with Gasteiger partial charge in [0.1, 0.15) is 5.82 Å². The topological polar surface area (TPSA) is 42.0 Å². The standard InChI is InChI=1S/C15H15BrN2OS/c1-10-8-12(16)6-7-13(10)20-9-15(19)18-14-5-3-4-11(2)17-14/h3-8H,9H2,1-2H3,(H,17,18,19). The maximum Gasteiger partial charge on any atom is 0.235 e. The molecule has 0 atom stereocenters. The number of carbonyl (C=O) groups is 1. The van der Waals surface area contributed by atoms with E-state index in [1.54, 1.807) is 6.07 Å². The molecule has 1 aromatic carbocycles. The zero-order chi connectivity index (χ0) is 14.5. The summed E-state index contributed by atoms with van der Waals surface area (Å²) in [7, 11) is 0. The first-order chi connectivity index (χ1) is 9.54. The Morgan fingerprint density at radius 3 is 2.80 bits per heavy atom. The lowest BCUT2D eigenvalue weighted by Crippen LogP contribution is -2.15. The van der Waals surface area contributed by atoms with E-state index >= 15 is 0 Å². The van der Waals surface area contributed by atoms with Gasteiger partial charge in [0.2, 0.25) is 5.91 Å². The zero-order valence-corrected chi connectivity index (χ0v) is 13.7. The Balaban J connectivity index is 1.92. The average Bonchev–Trinajstić information content (AvgIpc) is 2.37. The summed E-state index contributed by atoms with van der Waals surface area (Å²) in [6, 6.07) is 11.6. The smallest absolute Gasteiger partial charge is 0.235 e. The molecule has 0 bridgehead atoms. The van der Waals surface area contributed by atoms with Gasteiger partial charge in [-0.05, 0) is 49.7 Å². The van der Waals surface area contributed by atoms with Crippen molar-refractivity contribution in [1.29, 1.82) is 0 Å². The molecule has 2 rings (SSSR count). The molecule has 0 fully saturated rings. The average molecular weight is 351 g/mol.